The fraction of sp³-hybridized carbons (Fsp3) is 0.417. The van der Waals surface area contributed by atoms with Crippen LogP contribution in [-0.2, 0) is 0 Å². The van der Waals surface area contributed by atoms with Gasteiger partial charge in [0.05, 0.1) is 4.47 Å². The van der Waals surface area contributed by atoms with Crippen LogP contribution in [0.5, 0.6) is 0 Å². The van der Waals surface area contributed by atoms with Crippen molar-refractivity contribution in [2.45, 2.75) is 19.8 Å². The van der Waals surface area contributed by atoms with E-state index in [1.54, 1.807) is 13.2 Å². The first-order chi connectivity index (χ1) is 8.60. The highest BCUT2D eigenvalue weighted by Gasteiger charge is 2.23. The van der Waals surface area contributed by atoms with Gasteiger partial charge in [-0.1, -0.05) is 5.57 Å². The lowest BCUT2D eigenvalue weighted by Crippen LogP contribution is -2.11. The van der Waals surface area contributed by atoms with E-state index in [0.717, 1.165) is 4.47 Å². The fourth-order valence-electron chi connectivity index (χ4n) is 1.62. The molecule has 1 saturated carbocycles. The topological polar surface area (TPSA) is 73.7 Å². The summed E-state index contributed by atoms with van der Waals surface area (Å²) in [5.74, 6) is 2.14. The van der Waals surface area contributed by atoms with E-state index in [1.165, 1.54) is 18.4 Å². The molecule has 0 spiro atoms. The van der Waals surface area contributed by atoms with Crippen molar-refractivity contribution >= 4 is 33.5 Å². The Morgan fingerprint density at radius 2 is 2.28 bits per heavy atom. The highest BCUT2D eigenvalue weighted by Crippen LogP contribution is 2.35. The van der Waals surface area contributed by atoms with Crippen LogP contribution in [0.25, 0.3) is 0 Å². The quantitative estimate of drug-likeness (QED) is 0.590. The molecule has 0 atom stereocenters. The molecule has 0 unspecified atom stereocenters. The van der Waals surface area contributed by atoms with Gasteiger partial charge < -0.3 is 10.6 Å². The SMILES string of the molecule is CNc1ncc(Br)c(NC(=N)/C=C(\C)C2CC2)n1. The molecule has 2 rings (SSSR count). The number of rotatable bonds is 4. The van der Waals surface area contributed by atoms with Crippen LogP contribution in [-0.4, -0.2) is 22.9 Å². The van der Waals surface area contributed by atoms with Gasteiger partial charge in [0.1, 0.15) is 5.84 Å². The van der Waals surface area contributed by atoms with Crippen LogP contribution in [0, 0.1) is 11.3 Å². The summed E-state index contributed by atoms with van der Waals surface area (Å²) in [6.45, 7) is 2.07. The lowest BCUT2D eigenvalue weighted by Gasteiger charge is -2.08. The van der Waals surface area contributed by atoms with Crippen molar-refractivity contribution in [2.24, 2.45) is 5.92 Å². The van der Waals surface area contributed by atoms with Crippen LogP contribution in [0.2, 0.25) is 0 Å². The zero-order valence-electron chi connectivity index (χ0n) is 10.4. The van der Waals surface area contributed by atoms with Crippen molar-refractivity contribution in [3.63, 3.8) is 0 Å². The molecule has 5 nitrogen and oxygen atoms in total. The molecule has 0 aromatic carbocycles. The molecule has 3 N–H and O–H groups in total. The number of nitrogens with zero attached hydrogens (tertiary/aromatic N) is 2. The number of hydrogen-bond donors (Lipinski definition) is 3. The number of anilines is 2. The Labute approximate surface area is 115 Å². The Morgan fingerprint density at radius 1 is 1.56 bits per heavy atom. The number of halogens is 1. The van der Waals surface area contributed by atoms with Crippen molar-refractivity contribution in [3.8, 4) is 0 Å². The Bertz CT molecular complexity index is 493. The van der Waals surface area contributed by atoms with Crippen LogP contribution < -0.4 is 10.6 Å². The highest BCUT2D eigenvalue weighted by molar-refractivity contribution is 9.10. The molecule has 1 aliphatic carbocycles. The maximum atomic E-state index is 7.91. The minimum atomic E-state index is 0.348. The second kappa shape index (κ2) is 5.48. The molecule has 18 heavy (non-hydrogen) atoms. The predicted molar refractivity (Wildman–Crippen MR) is 77.1 cm³/mol. The normalized spacial score (nSPS) is 15.4. The van der Waals surface area contributed by atoms with Gasteiger partial charge in [0, 0.05) is 13.2 Å². The zero-order chi connectivity index (χ0) is 13.1. The highest BCUT2D eigenvalue weighted by atomic mass is 79.9. The van der Waals surface area contributed by atoms with E-state index in [4.69, 9.17) is 5.41 Å². The van der Waals surface area contributed by atoms with E-state index in [0.29, 0.717) is 23.5 Å². The Morgan fingerprint density at radius 3 is 2.89 bits per heavy atom. The molecule has 96 valence electrons. The van der Waals surface area contributed by atoms with Gasteiger partial charge in [0.15, 0.2) is 5.82 Å². The van der Waals surface area contributed by atoms with Crippen molar-refractivity contribution in [2.75, 3.05) is 17.7 Å². The maximum Gasteiger partial charge on any atom is 0.224 e. The van der Waals surface area contributed by atoms with E-state index >= 15 is 0 Å². The van der Waals surface area contributed by atoms with Crippen LogP contribution in [0.4, 0.5) is 11.8 Å². The van der Waals surface area contributed by atoms with E-state index in [2.05, 4.69) is 43.5 Å². The van der Waals surface area contributed by atoms with Crippen LogP contribution in [0.1, 0.15) is 19.8 Å². The molecular formula is C12H16BrN5. The summed E-state index contributed by atoms with van der Waals surface area (Å²) in [4.78, 5) is 8.32. The van der Waals surface area contributed by atoms with E-state index in [1.807, 2.05) is 6.08 Å². The molecule has 1 aromatic rings. The van der Waals surface area contributed by atoms with Gasteiger partial charge in [-0.15, -0.1) is 0 Å². The summed E-state index contributed by atoms with van der Waals surface area (Å²) < 4.78 is 0.740. The summed E-state index contributed by atoms with van der Waals surface area (Å²) in [6, 6.07) is 0. The van der Waals surface area contributed by atoms with Gasteiger partial charge in [-0.2, -0.15) is 4.98 Å². The molecule has 0 amide bonds. The van der Waals surface area contributed by atoms with Crippen molar-refractivity contribution < 1.29 is 0 Å². The van der Waals surface area contributed by atoms with Crippen LogP contribution in [0.3, 0.4) is 0 Å². The molecule has 0 radical (unpaired) electrons. The molecule has 1 fully saturated rings. The Balaban J connectivity index is 2.08. The summed E-state index contributed by atoms with van der Waals surface area (Å²) in [7, 11) is 1.76. The lowest BCUT2D eigenvalue weighted by atomic mass is 10.2. The Kier molecular flexibility index (Phi) is 3.96. The van der Waals surface area contributed by atoms with Gasteiger partial charge in [0.25, 0.3) is 0 Å². The molecule has 1 heterocycles. The first-order valence-electron chi connectivity index (χ1n) is 5.84. The maximum absolute atomic E-state index is 7.91. The van der Waals surface area contributed by atoms with Gasteiger partial charge in [-0.05, 0) is 47.7 Å². The number of hydrogen-bond acceptors (Lipinski definition) is 4. The lowest BCUT2D eigenvalue weighted by molar-refractivity contribution is 1.01. The molecule has 0 aliphatic heterocycles. The minimum absolute atomic E-state index is 0.348. The van der Waals surface area contributed by atoms with Gasteiger partial charge >= 0.3 is 0 Å². The summed E-state index contributed by atoms with van der Waals surface area (Å²) in [5.41, 5.74) is 1.26. The Hall–Kier alpha value is -1.43. The molecule has 0 saturated heterocycles. The smallest absolute Gasteiger partial charge is 0.224 e. The summed E-state index contributed by atoms with van der Waals surface area (Å²) >= 11 is 3.36. The molecular weight excluding hydrogens is 294 g/mol. The predicted octanol–water partition coefficient (Wildman–Crippen LogP) is 3.03. The van der Waals surface area contributed by atoms with Gasteiger partial charge in [0.2, 0.25) is 5.95 Å². The second-order valence-corrected chi connectivity index (χ2v) is 5.20. The van der Waals surface area contributed by atoms with Crippen LogP contribution in [0.15, 0.2) is 22.3 Å². The molecule has 0 bridgehead atoms. The average molecular weight is 310 g/mol. The molecule has 1 aliphatic rings. The first kappa shape index (κ1) is 13.0. The first-order valence-corrected chi connectivity index (χ1v) is 6.63. The molecule has 6 heteroatoms. The van der Waals surface area contributed by atoms with E-state index in [9.17, 15) is 0 Å². The van der Waals surface area contributed by atoms with Crippen LogP contribution >= 0.6 is 15.9 Å². The zero-order valence-corrected chi connectivity index (χ0v) is 12.0. The number of allylic oxidation sites excluding steroid dienone is 1. The van der Waals surface area contributed by atoms with Crippen molar-refractivity contribution in [3.05, 3.63) is 22.3 Å². The third kappa shape index (κ3) is 3.29. The average Bonchev–Trinajstić information content (AvgIpc) is 3.15. The van der Waals surface area contributed by atoms with Crippen molar-refractivity contribution in [1.82, 2.24) is 9.97 Å². The minimum Gasteiger partial charge on any atom is -0.357 e. The molecule has 1 aromatic heterocycles. The number of aromatic nitrogens is 2. The largest absolute Gasteiger partial charge is 0.357 e. The third-order valence-corrected chi connectivity index (χ3v) is 3.39. The van der Waals surface area contributed by atoms with Gasteiger partial charge in [-0.25, -0.2) is 4.98 Å². The standard InChI is InChI=1S/C12H16BrN5/c1-7(8-3-4-8)5-10(14)17-11-9(13)6-16-12(15-2)18-11/h5-6,8H,3-4H2,1-2H3,(H3,14,15,16,17,18)/b7-5+. The summed E-state index contributed by atoms with van der Waals surface area (Å²) in [5, 5.41) is 13.7. The third-order valence-electron chi connectivity index (χ3n) is 2.81. The number of nitrogens with one attached hydrogen (secondary N) is 3. The van der Waals surface area contributed by atoms with Crippen molar-refractivity contribution in [1.29, 1.82) is 5.41 Å². The van der Waals surface area contributed by atoms with E-state index < -0.39 is 0 Å². The monoisotopic (exact) mass is 309 g/mol. The fourth-order valence-corrected chi connectivity index (χ4v) is 1.91. The van der Waals surface area contributed by atoms with Gasteiger partial charge in [-0.3, -0.25) is 5.41 Å². The second-order valence-electron chi connectivity index (χ2n) is 4.34. The summed E-state index contributed by atoms with van der Waals surface area (Å²) in [6.07, 6.45) is 6.02. The van der Waals surface area contributed by atoms with E-state index in [-0.39, 0.29) is 0 Å². The number of amidine groups is 1.